The summed E-state index contributed by atoms with van der Waals surface area (Å²) >= 11 is 0. The first-order valence-electron chi connectivity index (χ1n) is 8.79. The Hall–Kier alpha value is -1.62. The van der Waals surface area contributed by atoms with E-state index in [2.05, 4.69) is 18.7 Å². The number of carbonyl (C=O) groups is 1. The second-order valence-electron chi connectivity index (χ2n) is 7.57. The van der Waals surface area contributed by atoms with Crippen LogP contribution >= 0.6 is 0 Å². The van der Waals surface area contributed by atoms with Crippen LogP contribution in [0.15, 0.2) is 24.3 Å². The first-order valence-corrected chi connectivity index (χ1v) is 8.79. The first kappa shape index (κ1) is 17.2. The highest BCUT2D eigenvalue weighted by atomic mass is 19.1. The predicted molar refractivity (Wildman–Crippen MR) is 92.6 cm³/mol. The molecule has 0 radical (unpaired) electrons. The van der Waals surface area contributed by atoms with Gasteiger partial charge in [-0.3, -0.25) is 4.79 Å². The predicted octanol–water partition coefficient (Wildman–Crippen LogP) is 3.21. The third-order valence-electron chi connectivity index (χ3n) is 5.39. The normalized spacial score (nSPS) is 25.7. The number of benzene rings is 1. The van der Waals surface area contributed by atoms with Crippen LogP contribution in [0.25, 0.3) is 0 Å². The lowest BCUT2D eigenvalue weighted by Crippen LogP contribution is -2.50. The fraction of sp³-hybridized carbons (Fsp3) is 0.632. The Morgan fingerprint density at radius 1 is 1.38 bits per heavy atom. The first-order chi connectivity index (χ1) is 11.4. The van der Waals surface area contributed by atoms with E-state index < -0.39 is 0 Å². The van der Waals surface area contributed by atoms with Crippen molar-refractivity contribution in [3.8, 4) is 0 Å². The maximum atomic E-state index is 13.7. The fourth-order valence-corrected chi connectivity index (χ4v) is 4.49. The molecule has 1 aromatic carbocycles. The zero-order valence-electron chi connectivity index (χ0n) is 14.8. The highest BCUT2D eigenvalue weighted by molar-refractivity contribution is 5.79. The van der Waals surface area contributed by atoms with Gasteiger partial charge in [0.15, 0.2) is 0 Å². The van der Waals surface area contributed by atoms with Gasteiger partial charge in [-0.1, -0.05) is 6.07 Å². The third kappa shape index (κ3) is 3.02. The second kappa shape index (κ2) is 6.36. The molecule has 2 heterocycles. The number of anilines is 1. The Morgan fingerprint density at radius 2 is 2.17 bits per heavy atom. The highest BCUT2D eigenvalue weighted by Crippen LogP contribution is 2.47. The summed E-state index contributed by atoms with van der Waals surface area (Å²) in [5, 5.41) is 0. The van der Waals surface area contributed by atoms with Crippen LogP contribution in [0.2, 0.25) is 0 Å². The van der Waals surface area contributed by atoms with Gasteiger partial charge in [-0.25, -0.2) is 4.39 Å². The standard InChI is InChI=1S/C19H27FN2O2/c1-4-24-12-17(23)21-10-6-9-19(21)13-18(2,3)22(14-19)16-8-5-7-15(20)11-16/h5,7-8,11H,4,6,9-10,12-14H2,1-3H3. The number of hydrogen-bond donors (Lipinski definition) is 0. The van der Waals surface area contributed by atoms with E-state index in [-0.39, 0.29) is 29.4 Å². The molecular formula is C19H27FN2O2. The average Bonchev–Trinajstić information content (AvgIpc) is 3.05. The van der Waals surface area contributed by atoms with Gasteiger partial charge in [0, 0.05) is 30.9 Å². The number of rotatable bonds is 4. The van der Waals surface area contributed by atoms with Crippen molar-refractivity contribution in [2.24, 2.45) is 0 Å². The minimum atomic E-state index is -0.222. The average molecular weight is 334 g/mol. The summed E-state index contributed by atoms with van der Waals surface area (Å²) < 4.78 is 19.0. The molecule has 132 valence electrons. The van der Waals surface area contributed by atoms with Crippen LogP contribution in [0.3, 0.4) is 0 Å². The van der Waals surface area contributed by atoms with Crippen LogP contribution in [-0.4, -0.2) is 48.2 Å². The number of hydrogen-bond acceptors (Lipinski definition) is 3. The monoisotopic (exact) mass is 334 g/mol. The molecule has 3 rings (SSSR count). The Bertz CT molecular complexity index is 619. The summed E-state index contributed by atoms with van der Waals surface area (Å²) in [4.78, 5) is 16.9. The van der Waals surface area contributed by atoms with Gasteiger partial charge in [0.1, 0.15) is 12.4 Å². The van der Waals surface area contributed by atoms with Crippen molar-refractivity contribution in [2.45, 2.75) is 51.1 Å². The number of halogens is 1. The van der Waals surface area contributed by atoms with Crippen LogP contribution in [0.1, 0.15) is 40.0 Å². The minimum Gasteiger partial charge on any atom is -0.372 e. The summed E-state index contributed by atoms with van der Waals surface area (Å²) in [6.07, 6.45) is 2.92. The summed E-state index contributed by atoms with van der Waals surface area (Å²) in [6, 6.07) is 6.75. The van der Waals surface area contributed by atoms with Crippen molar-refractivity contribution < 1.29 is 13.9 Å². The van der Waals surface area contributed by atoms with Crippen LogP contribution in [-0.2, 0) is 9.53 Å². The quantitative estimate of drug-likeness (QED) is 0.848. The lowest BCUT2D eigenvalue weighted by molar-refractivity contribution is -0.139. The van der Waals surface area contributed by atoms with E-state index in [0.717, 1.165) is 38.0 Å². The van der Waals surface area contributed by atoms with E-state index >= 15 is 0 Å². The minimum absolute atomic E-state index is 0.0752. The van der Waals surface area contributed by atoms with Gasteiger partial charge >= 0.3 is 0 Å². The van der Waals surface area contributed by atoms with Crippen LogP contribution in [0.4, 0.5) is 10.1 Å². The number of likely N-dealkylation sites (tertiary alicyclic amines) is 1. The van der Waals surface area contributed by atoms with Gasteiger partial charge in [0.05, 0.1) is 5.54 Å². The molecule has 2 aliphatic heterocycles. The highest BCUT2D eigenvalue weighted by Gasteiger charge is 2.54. The van der Waals surface area contributed by atoms with E-state index in [1.165, 1.54) is 6.07 Å². The van der Waals surface area contributed by atoms with Crippen molar-refractivity contribution in [2.75, 3.05) is 31.2 Å². The third-order valence-corrected chi connectivity index (χ3v) is 5.39. The molecule has 2 saturated heterocycles. The number of nitrogens with zero attached hydrogens (tertiary/aromatic N) is 2. The van der Waals surface area contributed by atoms with Crippen molar-refractivity contribution in [3.05, 3.63) is 30.1 Å². The Morgan fingerprint density at radius 3 is 2.88 bits per heavy atom. The van der Waals surface area contributed by atoms with Crippen LogP contribution < -0.4 is 4.90 Å². The summed E-state index contributed by atoms with van der Waals surface area (Å²) in [6.45, 7) is 8.50. The summed E-state index contributed by atoms with van der Waals surface area (Å²) in [7, 11) is 0. The van der Waals surface area contributed by atoms with E-state index in [4.69, 9.17) is 4.74 Å². The van der Waals surface area contributed by atoms with E-state index in [1.807, 2.05) is 17.9 Å². The van der Waals surface area contributed by atoms with Crippen molar-refractivity contribution in [3.63, 3.8) is 0 Å². The molecule has 0 aromatic heterocycles. The molecule has 0 N–H and O–H groups in total. The molecule has 2 aliphatic rings. The molecule has 1 spiro atoms. The van der Waals surface area contributed by atoms with Crippen LogP contribution in [0.5, 0.6) is 0 Å². The zero-order valence-corrected chi connectivity index (χ0v) is 14.8. The largest absolute Gasteiger partial charge is 0.372 e. The number of amides is 1. The molecule has 1 amide bonds. The number of ether oxygens (including phenoxy) is 1. The SMILES string of the molecule is CCOCC(=O)N1CCCC12CN(c1cccc(F)c1)C(C)(C)C2. The van der Waals surface area contributed by atoms with E-state index in [9.17, 15) is 9.18 Å². The molecular weight excluding hydrogens is 307 g/mol. The molecule has 1 unspecified atom stereocenters. The van der Waals surface area contributed by atoms with Crippen molar-refractivity contribution >= 4 is 11.6 Å². The maximum absolute atomic E-state index is 13.7. The summed E-state index contributed by atoms with van der Waals surface area (Å²) in [5.41, 5.74) is 0.604. The maximum Gasteiger partial charge on any atom is 0.249 e. The lowest BCUT2D eigenvalue weighted by Gasteiger charge is -2.35. The molecule has 5 heteroatoms. The zero-order chi connectivity index (χ0) is 17.4. The van der Waals surface area contributed by atoms with Gasteiger partial charge in [0.25, 0.3) is 0 Å². The van der Waals surface area contributed by atoms with E-state index in [0.29, 0.717) is 6.61 Å². The second-order valence-corrected chi connectivity index (χ2v) is 7.57. The molecule has 0 saturated carbocycles. The fourth-order valence-electron chi connectivity index (χ4n) is 4.49. The van der Waals surface area contributed by atoms with Crippen molar-refractivity contribution in [1.82, 2.24) is 4.90 Å². The summed E-state index contributed by atoms with van der Waals surface area (Å²) in [5.74, 6) is -0.147. The Kier molecular flexibility index (Phi) is 4.56. The van der Waals surface area contributed by atoms with Gasteiger partial charge in [-0.05, 0) is 58.2 Å². The topological polar surface area (TPSA) is 32.8 Å². The molecule has 0 bridgehead atoms. The molecule has 1 aromatic rings. The molecule has 24 heavy (non-hydrogen) atoms. The Balaban J connectivity index is 1.86. The molecule has 4 nitrogen and oxygen atoms in total. The number of carbonyl (C=O) groups excluding carboxylic acids is 1. The Labute approximate surface area is 143 Å². The molecule has 0 aliphatic carbocycles. The van der Waals surface area contributed by atoms with Crippen LogP contribution in [0, 0.1) is 5.82 Å². The van der Waals surface area contributed by atoms with Crippen molar-refractivity contribution in [1.29, 1.82) is 0 Å². The van der Waals surface area contributed by atoms with Gasteiger partial charge in [0.2, 0.25) is 5.91 Å². The van der Waals surface area contributed by atoms with Gasteiger partial charge in [-0.15, -0.1) is 0 Å². The smallest absolute Gasteiger partial charge is 0.249 e. The lowest BCUT2D eigenvalue weighted by atomic mass is 9.87. The molecule has 2 fully saturated rings. The van der Waals surface area contributed by atoms with Gasteiger partial charge < -0.3 is 14.5 Å². The molecule has 1 atom stereocenters. The van der Waals surface area contributed by atoms with Gasteiger partial charge in [-0.2, -0.15) is 0 Å². The van der Waals surface area contributed by atoms with E-state index in [1.54, 1.807) is 12.1 Å².